The van der Waals surface area contributed by atoms with Gasteiger partial charge >= 0.3 is 11.9 Å². The second-order valence-electron chi connectivity index (χ2n) is 9.65. The van der Waals surface area contributed by atoms with Crippen molar-refractivity contribution in [2.75, 3.05) is 0 Å². The number of esters is 2. The monoisotopic (exact) mass is 450 g/mol. The Morgan fingerprint density at radius 3 is 2.30 bits per heavy atom. The van der Waals surface area contributed by atoms with Crippen LogP contribution in [0.5, 0.6) is 5.75 Å². The summed E-state index contributed by atoms with van der Waals surface area (Å²) in [6.45, 7) is 9.61. The SMILES string of the molecule is C=CC(=O)OC1CCCCC1OC(=O)CCc1cc(-c2ccccc2)c(O)c(C(C)(C)C)c1. The predicted octanol–water partition coefficient (Wildman–Crippen LogP) is 5.87. The minimum atomic E-state index is -0.491. The van der Waals surface area contributed by atoms with Crippen LogP contribution in [-0.4, -0.2) is 29.3 Å². The van der Waals surface area contributed by atoms with E-state index in [2.05, 4.69) is 27.4 Å². The third-order valence-electron chi connectivity index (χ3n) is 6.04. The van der Waals surface area contributed by atoms with Gasteiger partial charge in [0.2, 0.25) is 0 Å². The molecule has 1 fully saturated rings. The van der Waals surface area contributed by atoms with E-state index in [1.807, 2.05) is 42.5 Å². The molecule has 2 aromatic carbocycles. The van der Waals surface area contributed by atoms with E-state index in [1.165, 1.54) is 0 Å². The average molecular weight is 451 g/mol. The Morgan fingerprint density at radius 2 is 1.70 bits per heavy atom. The fourth-order valence-electron chi connectivity index (χ4n) is 4.25. The van der Waals surface area contributed by atoms with Crippen LogP contribution in [-0.2, 0) is 30.9 Å². The standard InChI is InChI=1S/C28H34O5/c1-5-25(29)32-23-13-9-10-14-24(23)33-26(30)16-15-19-17-21(20-11-7-6-8-12-20)27(31)22(18-19)28(2,3)4/h5-8,11-12,17-18,23-24,31H,1,9-10,13-16H2,2-4H3. The van der Waals surface area contributed by atoms with Crippen LogP contribution in [0.15, 0.2) is 55.1 Å². The maximum absolute atomic E-state index is 12.7. The molecule has 176 valence electrons. The van der Waals surface area contributed by atoms with Gasteiger partial charge in [0, 0.05) is 23.6 Å². The lowest BCUT2D eigenvalue weighted by Crippen LogP contribution is -2.37. The molecule has 0 aliphatic heterocycles. The van der Waals surface area contributed by atoms with Crippen molar-refractivity contribution in [2.24, 2.45) is 0 Å². The molecule has 0 amide bonds. The Labute approximate surface area is 196 Å². The number of carbonyl (C=O) groups excluding carboxylic acids is 2. The van der Waals surface area contributed by atoms with E-state index >= 15 is 0 Å². The number of ether oxygens (including phenoxy) is 2. The third kappa shape index (κ3) is 6.47. The number of aromatic hydroxyl groups is 1. The van der Waals surface area contributed by atoms with Crippen LogP contribution in [0.3, 0.4) is 0 Å². The van der Waals surface area contributed by atoms with Crippen molar-refractivity contribution >= 4 is 11.9 Å². The molecule has 2 aromatic rings. The number of benzene rings is 2. The van der Waals surface area contributed by atoms with Gasteiger partial charge in [0.1, 0.15) is 18.0 Å². The number of phenols is 1. The molecule has 0 aromatic heterocycles. The van der Waals surface area contributed by atoms with Gasteiger partial charge in [-0.3, -0.25) is 4.79 Å². The normalized spacial score (nSPS) is 18.4. The van der Waals surface area contributed by atoms with Gasteiger partial charge in [-0.15, -0.1) is 0 Å². The van der Waals surface area contributed by atoms with Crippen LogP contribution in [0, 0.1) is 0 Å². The zero-order valence-corrected chi connectivity index (χ0v) is 19.8. The third-order valence-corrected chi connectivity index (χ3v) is 6.04. The van der Waals surface area contributed by atoms with Crippen LogP contribution in [0.2, 0.25) is 0 Å². The molecular formula is C28H34O5. The summed E-state index contributed by atoms with van der Waals surface area (Å²) in [4.78, 5) is 24.3. The number of aryl methyl sites for hydroxylation is 1. The van der Waals surface area contributed by atoms with Gasteiger partial charge in [-0.2, -0.15) is 0 Å². The largest absolute Gasteiger partial charge is 0.507 e. The van der Waals surface area contributed by atoms with Crippen molar-refractivity contribution in [3.05, 3.63) is 66.2 Å². The fourth-order valence-corrected chi connectivity index (χ4v) is 4.25. The number of phenolic OH excluding ortho intramolecular Hbond substituents is 1. The highest BCUT2D eigenvalue weighted by atomic mass is 16.6. The van der Waals surface area contributed by atoms with E-state index in [9.17, 15) is 14.7 Å². The first-order valence-electron chi connectivity index (χ1n) is 11.6. The second-order valence-corrected chi connectivity index (χ2v) is 9.65. The summed E-state index contributed by atoms with van der Waals surface area (Å²) in [5.74, 6) is -0.530. The highest BCUT2D eigenvalue weighted by Gasteiger charge is 2.31. The first kappa shape index (κ1) is 24.6. The molecule has 1 N–H and O–H groups in total. The van der Waals surface area contributed by atoms with E-state index in [1.54, 1.807) is 0 Å². The van der Waals surface area contributed by atoms with Crippen LogP contribution < -0.4 is 0 Å². The molecule has 0 saturated heterocycles. The van der Waals surface area contributed by atoms with E-state index in [4.69, 9.17) is 9.47 Å². The van der Waals surface area contributed by atoms with Crippen molar-refractivity contribution in [3.63, 3.8) is 0 Å². The Morgan fingerprint density at radius 1 is 1.06 bits per heavy atom. The maximum Gasteiger partial charge on any atom is 0.330 e. The molecule has 0 spiro atoms. The molecule has 0 heterocycles. The van der Waals surface area contributed by atoms with Crippen molar-refractivity contribution in [2.45, 2.75) is 76.9 Å². The van der Waals surface area contributed by atoms with Crippen molar-refractivity contribution in [3.8, 4) is 16.9 Å². The quantitative estimate of drug-likeness (QED) is 0.422. The van der Waals surface area contributed by atoms with Crippen LogP contribution in [0.4, 0.5) is 0 Å². The van der Waals surface area contributed by atoms with E-state index in [0.717, 1.165) is 41.2 Å². The van der Waals surface area contributed by atoms with Gasteiger partial charge < -0.3 is 14.6 Å². The average Bonchev–Trinajstić information content (AvgIpc) is 2.79. The second kappa shape index (κ2) is 10.7. The van der Waals surface area contributed by atoms with Gasteiger partial charge in [-0.25, -0.2) is 4.79 Å². The Kier molecular flexibility index (Phi) is 7.96. The van der Waals surface area contributed by atoms with E-state index in [0.29, 0.717) is 19.3 Å². The fraction of sp³-hybridized carbons (Fsp3) is 0.429. The molecule has 2 atom stereocenters. The lowest BCUT2D eigenvalue weighted by atomic mass is 9.82. The predicted molar refractivity (Wildman–Crippen MR) is 129 cm³/mol. The molecule has 0 radical (unpaired) electrons. The molecular weight excluding hydrogens is 416 g/mol. The lowest BCUT2D eigenvalue weighted by Gasteiger charge is -2.30. The van der Waals surface area contributed by atoms with Crippen LogP contribution in [0.1, 0.15) is 64.0 Å². The first-order valence-corrected chi connectivity index (χ1v) is 11.6. The Balaban J connectivity index is 1.74. The summed E-state index contributed by atoms with van der Waals surface area (Å²) in [5, 5.41) is 11.0. The lowest BCUT2D eigenvalue weighted by molar-refractivity contribution is -0.168. The zero-order valence-electron chi connectivity index (χ0n) is 19.8. The minimum absolute atomic E-state index is 0.210. The van der Waals surface area contributed by atoms with Gasteiger partial charge in [0.25, 0.3) is 0 Å². The summed E-state index contributed by atoms with van der Waals surface area (Å²) < 4.78 is 11.1. The Hall–Kier alpha value is -3.08. The van der Waals surface area contributed by atoms with Gasteiger partial charge in [0.15, 0.2) is 0 Å². The molecule has 3 rings (SSSR count). The summed E-state index contributed by atoms with van der Waals surface area (Å²) in [7, 11) is 0. The van der Waals surface area contributed by atoms with Gasteiger partial charge in [-0.1, -0.05) is 63.7 Å². The molecule has 33 heavy (non-hydrogen) atoms. The van der Waals surface area contributed by atoms with Crippen LogP contribution >= 0.6 is 0 Å². The summed E-state index contributed by atoms with van der Waals surface area (Å²) in [6.07, 6.45) is 4.25. The zero-order chi connectivity index (χ0) is 24.0. The van der Waals surface area contributed by atoms with Crippen LogP contribution in [0.25, 0.3) is 11.1 Å². The summed E-state index contributed by atoms with van der Waals surface area (Å²) in [5.41, 5.74) is 3.24. The van der Waals surface area contributed by atoms with Crippen molar-refractivity contribution in [1.82, 2.24) is 0 Å². The van der Waals surface area contributed by atoms with E-state index in [-0.39, 0.29) is 23.6 Å². The molecule has 5 nitrogen and oxygen atoms in total. The highest BCUT2D eigenvalue weighted by Crippen LogP contribution is 2.39. The minimum Gasteiger partial charge on any atom is -0.507 e. The van der Waals surface area contributed by atoms with E-state index < -0.39 is 18.2 Å². The number of carbonyl (C=O) groups is 2. The molecule has 1 aliphatic rings. The van der Waals surface area contributed by atoms with Crippen molar-refractivity contribution in [1.29, 1.82) is 0 Å². The van der Waals surface area contributed by atoms with Crippen molar-refractivity contribution < 1.29 is 24.2 Å². The number of hydrogen-bond donors (Lipinski definition) is 1. The summed E-state index contributed by atoms with van der Waals surface area (Å²) >= 11 is 0. The summed E-state index contributed by atoms with van der Waals surface area (Å²) in [6, 6.07) is 13.7. The Bertz CT molecular complexity index is 987. The number of hydrogen-bond acceptors (Lipinski definition) is 5. The molecule has 5 heteroatoms. The maximum atomic E-state index is 12.7. The smallest absolute Gasteiger partial charge is 0.330 e. The molecule has 1 aliphatic carbocycles. The first-order chi connectivity index (χ1) is 15.7. The topological polar surface area (TPSA) is 72.8 Å². The molecule has 1 saturated carbocycles. The molecule has 0 bridgehead atoms. The van der Waals surface area contributed by atoms with Gasteiger partial charge in [-0.05, 0) is 54.7 Å². The van der Waals surface area contributed by atoms with Gasteiger partial charge in [0.05, 0.1) is 0 Å². The number of rotatable bonds is 7. The highest BCUT2D eigenvalue weighted by molar-refractivity contribution is 5.81. The molecule has 2 unspecified atom stereocenters.